The lowest BCUT2D eigenvalue weighted by molar-refractivity contribution is -0.155. The summed E-state index contributed by atoms with van der Waals surface area (Å²) in [5, 5.41) is 5.41. The fraction of sp³-hybridized carbons (Fsp3) is 0.508. The molecule has 2 aliphatic carbocycles. The highest BCUT2D eigenvalue weighted by molar-refractivity contribution is 7.89. The topological polar surface area (TPSA) is 217 Å². The van der Waals surface area contributed by atoms with Crippen LogP contribution in [0.25, 0.3) is 33.3 Å². The first-order valence-electron chi connectivity index (χ1n) is 29.1. The van der Waals surface area contributed by atoms with Crippen molar-refractivity contribution in [1.29, 1.82) is 0 Å². The number of aryl methyl sites for hydroxylation is 2. The molecule has 1 unspecified atom stereocenters. The molecule has 0 spiro atoms. The Morgan fingerprint density at radius 2 is 1.70 bits per heavy atom. The number of esters is 1. The Morgan fingerprint density at radius 3 is 2.40 bits per heavy atom. The Labute approximate surface area is 489 Å². The number of hydrazine groups is 1. The number of pyridine rings is 1. The molecule has 8 atom stereocenters. The monoisotopic (exact) mass is 1150 g/mol. The second-order valence-electron chi connectivity index (χ2n) is 24.0. The Balaban J connectivity index is 0.997. The maximum atomic E-state index is 15.3. The van der Waals surface area contributed by atoms with Crippen LogP contribution in [-0.2, 0) is 68.9 Å². The van der Waals surface area contributed by atoms with Gasteiger partial charge in [0.2, 0.25) is 17.7 Å². The summed E-state index contributed by atoms with van der Waals surface area (Å²) in [6.45, 7) is 10.7. The summed E-state index contributed by atoms with van der Waals surface area (Å²) in [5.41, 5.74) is 10.2. The third-order valence-corrected chi connectivity index (χ3v) is 18.8. The molecule has 19 nitrogen and oxygen atoms in total. The van der Waals surface area contributed by atoms with E-state index in [4.69, 9.17) is 23.9 Å². The predicted molar refractivity (Wildman–Crippen MR) is 313 cm³/mol. The summed E-state index contributed by atoms with van der Waals surface area (Å²) in [5.74, 6) is -2.25. The first kappa shape index (κ1) is 59.3. The van der Waals surface area contributed by atoms with Crippen LogP contribution in [0.3, 0.4) is 0 Å². The van der Waals surface area contributed by atoms with Gasteiger partial charge in [-0.15, -0.1) is 4.31 Å². The Kier molecular flexibility index (Phi) is 17.7. The SMILES string of the molecule is CCn1c(-c2cccnc2[C@H](C)OC)c2c3cc(ccc31)-c1cc(cc(OC(=O)OC)c1)C[C@H](NC(=O)[C@H](C1CCCC1)N(C)C(=O)CN(C)C(=O)[C@H]1[C@@H](C3CC3)N1[S@+]([O-])c1ccc(C)cc1)C(=O)N1CCC[C@H](N1)C(=O)OCC(C)(C)C2. The van der Waals surface area contributed by atoms with Gasteiger partial charge >= 0.3 is 12.1 Å². The van der Waals surface area contributed by atoms with Crippen LogP contribution in [-0.4, -0.2) is 147 Å². The van der Waals surface area contributed by atoms with Gasteiger partial charge in [-0.05, 0) is 148 Å². The standard InChI is InChI=1S/C63H78N8O11S/c1-10-69-51-26-23-42-33-47(51)48(56(69)46-17-13-27-64-53(46)38(3)79-8)34-63(4,5)36-81-61(76)49-18-14-28-70(66-49)59(74)50(31-39-29-43(42)32-44(30-39)82-62(77)80-9)65-58(73)55(40-15-11-12-16-40)68(7)52(72)35-67(6)60(75)57-54(41-21-22-41)71(57)83(78)45-24-19-37(2)20-25-45/h13,17,19-20,23-27,29-30,32-33,38,40-41,49-50,54-55,57,66H,10-12,14-16,18,21-22,28,31,34-36H2,1-9H3,(H,65,73)/t38-,49-,50-,54+,55-,57+,71?,83+/m0/s1. The molecule has 442 valence electrons. The largest absolute Gasteiger partial charge is 0.593 e. The van der Waals surface area contributed by atoms with Crippen LogP contribution in [0, 0.1) is 24.2 Å². The lowest BCUT2D eigenvalue weighted by Gasteiger charge is -2.37. The van der Waals surface area contributed by atoms with Crippen LogP contribution >= 0.6 is 0 Å². The smallest absolute Gasteiger partial charge is 0.513 e. The minimum Gasteiger partial charge on any atom is -0.593 e. The minimum absolute atomic E-state index is 0.0624. The van der Waals surface area contributed by atoms with Crippen LogP contribution in [0.15, 0.2) is 83.9 Å². The number of fused-ring (bicyclic) bond motifs is 6. The zero-order chi connectivity index (χ0) is 59.0. The number of carbonyl (C=O) groups excluding carboxylic acids is 6. The number of carbonyl (C=O) groups is 6. The van der Waals surface area contributed by atoms with Gasteiger partial charge in [-0.3, -0.25) is 34.0 Å². The summed E-state index contributed by atoms with van der Waals surface area (Å²) in [4.78, 5) is 94.6. The number of cyclic esters (lactones) is 1. The highest BCUT2D eigenvalue weighted by Gasteiger charge is 2.66. The van der Waals surface area contributed by atoms with Gasteiger partial charge < -0.3 is 43.2 Å². The van der Waals surface area contributed by atoms with Crippen molar-refractivity contribution in [3.8, 4) is 28.1 Å². The number of hydrogen-bond donors (Lipinski definition) is 2. The van der Waals surface area contributed by atoms with E-state index in [0.29, 0.717) is 54.7 Å². The van der Waals surface area contributed by atoms with Gasteiger partial charge in [-0.2, -0.15) is 0 Å². The number of likely N-dealkylation sites (N-methyl/N-ethyl adjacent to an activating group) is 2. The van der Waals surface area contributed by atoms with Gasteiger partial charge in [-0.25, -0.2) is 10.2 Å². The highest BCUT2D eigenvalue weighted by Crippen LogP contribution is 2.50. The van der Waals surface area contributed by atoms with E-state index in [1.807, 2.05) is 56.3 Å². The summed E-state index contributed by atoms with van der Waals surface area (Å²) in [6.07, 6.45) is 6.61. The lowest BCUT2D eigenvalue weighted by Crippen LogP contribution is -2.62. The molecule has 3 aromatic carbocycles. The van der Waals surface area contributed by atoms with E-state index in [-0.39, 0.29) is 61.8 Å². The van der Waals surface area contributed by atoms with Crippen LogP contribution in [0.5, 0.6) is 5.75 Å². The first-order valence-corrected chi connectivity index (χ1v) is 30.3. The van der Waals surface area contributed by atoms with E-state index in [0.717, 1.165) is 70.2 Å². The van der Waals surface area contributed by atoms with Crippen LogP contribution < -0.4 is 15.5 Å². The number of benzene rings is 3. The van der Waals surface area contributed by atoms with Crippen molar-refractivity contribution in [1.82, 2.24) is 39.4 Å². The average molecular weight is 1160 g/mol. The molecule has 2 aromatic heterocycles. The molecule has 4 amide bonds. The number of aromatic nitrogens is 2. The first-order chi connectivity index (χ1) is 39.8. The zero-order valence-electron chi connectivity index (χ0n) is 49.1. The van der Waals surface area contributed by atoms with Crippen molar-refractivity contribution in [3.63, 3.8) is 0 Å². The molecule has 0 radical (unpaired) electrons. The van der Waals surface area contributed by atoms with Crippen molar-refractivity contribution in [2.45, 2.75) is 147 Å². The zero-order valence-corrected chi connectivity index (χ0v) is 49.9. The summed E-state index contributed by atoms with van der Waals surface area (Å²) >= 11 is -1.57. The van der Waals surface area contributed by atoms with E-state index in [9.17, 15) is 23.7 Å². The lowest BCUT2D eigenvalue weighted by atomic mass is 9.84. The van der Waals surface area contributed by atoms with E-state index < -0.39 is 70.8 Å². The number of hydrogen-bond acceptors (Lipinski definition) is 14. The highest BCUT2D eigenvalue weighted by atomic mass is 32.2. The van der Waals surface area contributed by atoms with E-state index in [1.54, 1.807) is 43.8 Å². The number of nitrogens with zero attached hydrogens (tertiary/aromatic N) is 6. The van der Waals surface area contributed by atoms with Gasteiger partial charge in [0.15, 0.2) is 10.9 Å². The normalized spacial score (nSPS) is 22.9. The van der Waals surface area contributed by atoms with Gasteiger partial charge in [-0.1, -0.05) is 56.5 Å². The summed E-state index contributed by atoms with van der Waals surface area (Å²) in [6, 6.07) is 18.8. The molecule has 3 aliphatic heterocycles. The van der Waals surface area contributed by atoms with Crippen LogP contribution in [0.2, 0.25) is 0 Å². The summed E-state index contributed by atoms with van der Waals surface area (Å²) in [7, 11) is 6.01. The van der Waals surface area contributed by atoms with Crippen molar-refractivity contribution in [3.05, 3.63) is 101 Å². The van der Waals surface area contributed by atoms with Crippen LogP contribution in [0.1, 0.15) is 108 Å². The van der Waals surface area contributed by atoms with E-state index in [2.05, 4.69) is 54.3 Å². The number of amides is 4. The maximum absolute atomic E-state index is 15.3. The fourth-order valence-electron chi connectivity index (χ4n) is 12.6. The van der Waals surface area contributed by atoms with Crippen molar-refractivity contribution in [2.24, 2.45) is 17.3 Å². The predicted octanol–water partition coefficient (Wildman–Crippen LogP) is 7.86. The molecule has 6 bridgehead atoms. The molecule has 2 N–H and O–H groups in total. The van der Waals surface area contributed by atoms with E-state index in [1.165, 1.54) is 21.9 Å². The molecule has 5 aromatic rings. The average Bonchev–Trinajstić information content (AvgIpc) is 2.59. The second kappa shape index (κ2) is 24.8. The number of rotatable bonds is 15. The fourth-order valence-corrected chi connectivity index (χ4v) is 14.1. The van der Waals surface area contributed by atoms with Gasteiger partial charge in [0, 0.05) is 68.8 Å². The van der Waals surface area contributed by atoms with Crippen molar-refractivity contribution < 1.29 is 52.3 Å². The minimum atomic E-state index is -1.57. The molecule has 83 heavy (non-hydrogen) atoms. The number of ether oxygens (including phenoxy) is 4. The van der Waals surface area contributed by atoms with Gasteiger partial charge in [0.05, 0.1) is 55.2 Å². The second-order valence-corrected chi connectivity index (χ2v) is 25.3. The van der Waals surface area contributed by atoms with Gasteiger partial charge in [0.1, 0.15) is 23.9 Å². The summed E-state index contributed by atoms with van der Waals surface area (Å²) < 4.78 is 40.6. The van der Waals surface area contributed by atoms with E-state index >= 15 is 9.59 Å². The third-order valence-electron chi connectivity index (χ3n) is 17.3. The molecule has 4 fully saturated rings. The quantitative estimate of drug-likeness (QED) is 0.0442. The Bertz CT molecular complexity index is 3270. The van der Waals surface area contributed by atoms with Gasteiger partial charge in [0.25, 0.3) is 5.91 Å². The molecular weight excluding hydrogens is 1080 g/mol. The van der Waals surface area contributed by atoms with Crippen LogP contribution in [0.4, 0.5) is 4.79 Å². The number of nitrogens with one attached hydrogen (secondary N) is 2. The molecular formula is C63H78N8O11S. The Morgan fingerprint density at radius 1 is 0.952 bits per heavy atom. The molecule has 5 heterocycles. The van der Waals surface area contributed by atoms with Crippen molar-refractivity contribution >= 4 is 58.0 Å². The third kappa shape index (κ3) is 12.7. The molecule has 10 rings (SSSR count). The molecule has 2 saturated carbocycles. The Hall–Kier alpha value is -6.84. The molecule has 20 heteroatoms. The maximum Gasteiger partial charge on any atom is 0.513 e. The number of methoxy groups -OCH3 is 2. The molecule has 2 saturated heterocycles. The van der Waals surface area contributed by atoms with Crippen molar-refractivity contribution in [2.75, 3.05) is 48.0 Å². The molecule has 5 aliphatic rings.